The van der Waals surface area contributed by atoms with Crippen molar-refractivity contribution in [2.24, 2.45) is 0 Å². The van der Waals surface area contributed by atoms with Crippen molar-refractivity contribution >= 4 is 56.0 Å². The van der Waals surface area contributed by atoms with Crippen molar-refractivity contribution in [1.82, 2.24) is 14.3 Å². The first kappa shape index (κ1) is 23.1. The van der Waals surface area contributed by atoms with Crippen molar-refractivity contribution in [3.8, 4) is 0 Å². The molecule has 0 aliphatic carbocycles. The number of halogens is 1. The zero-order valence-corrected chi connectivity index (χ0v) is 20.3. The molecule has 32 heavy (non-hydrogen) atoms. The van der Waals surface area contributed by atoms with Gasteiger partial charge in [0.25, 0.3) is 0 Å². The molecule has 2 N–H and O–H groups in total. The summed E-state index contributed by atoms with van der Waals surface area (Å²) < 4.78 is 27.4. The molecule has 1 aliphatic heterocycles. The standard InChI is InChI=1S/C22H25ClN4O3S2/c1-14-6-9-18-20(12-14)26-22(25-18)31-15(2)21(28)24-19-13-16(7-8-17(19)23)32(29,30)27-10-4-3-5-11-27/h6-9,12-13,15H,3-5,10-11H2,1-2H3,(H,24,28)(H,25,26). The summed E-state index contributed by atoms with van der Waals surface area (Å²) in [4.78, 5) is 20.7. The van der Waals surface area contributed by atoms with E-state index in [0.717, 1.165) is 35.9 Å². The molecule has 1 unspecified atom stereocenters. The number of aromatic amines is 1. The van der Waals surface area contributed by atoms with Crippen LogP contribution in [-0.4, -0.2) is 46.9 Å². The van der Waals surface area contributed by atoms with E-state index in [9.17, 15) is 13.2 Å². The van der Waals surface area contributed by atoms with Crippen LogP contribution in [0.25, 0.3) is 11.0 Å². The van der Waals surface area contributed by atoms with Crippen LogP contribution in [-0.2, 0) is 14.8 Å². The largest absolute Gasteiger partial charge is 0.333 e. The Morgan fingerprint density at radius 2 is 1.94 bits per heavy atom. The first-order valence-corrected chi connectivity index (χ1v) is 13.2. The molecule has 2 aromatic carbocycles. The van der Waals surface area contributed by atoms with Gasteiger partial charge >= 0.3 is 0 Å². The average Bonchev–Trinajstić information content (AvgIpc) is 3.16. The minimum absolute atomic E-state index is 0.132. The third-order valence-corrected chi connectivity index (χ3v) is 8.63. The lowest BCUT2D eigenvalue weighted by atomic mass is 10.2. The second kappa shape index (κ2) is 9.43. The lowest BCUT2D eigenvalue weighted by Gasteiger charge is -2.26. The molecule has 0 bridgehead atoms. The molecule has 0 radical (unpaired) electrons. The monoisotopic (exact) mass is 492 g/mol. The molecule has 170 valence electrons. The summed E-state index contributed by atoms with van der Waals surface area (Å²) in [6.45, 7) is 4.79. The van der Waals surface area contributed by atoms with E-state index in [2.05, 4.69) is 15.3 Å². The summed E-state index contributed by atoms with van der Waals surface area (Å²) in [5, 5.41) is 3.22. The number of rotatable bonds is 6. The van der Waals surface area contributed by atoms with Gasteiger partial charge in [0, 0.05) is 13.1 Å². The molecule has 7 nitrogen and oxygen atoms in total. The van der Waals surface area contributed by atoms with Crippen LogP contribution in [0.2, 0.25) is 5.02 Å². The number of amides is 1. The Morgan fingerprint density at radius 3 is 2.69 bits per heavy atom. The van der Waals surface area contributed by atoms with Crippen LogP contribution in [0, 0.1) is 6.92 Å². The van der Waals surface area contributed by atoms with Gasteiger partial charge in [-0.25, -0.2) is 13.4 Å². The van der Waals surface area contributed by atoms with Crippen molar-refractivity contribution in [3.63, 3.8) is 0 Å². The first-order chi connectivity index (χ1) is 15.2. The van der Waals surface area contributed by atoms with E-state index >= 15 is 0 Å². The summed E-state index contributed by atoms with van der Waals surface area (Å²) in [7, 11) is -3.62. The van der Waals surface area contributed by atoms with Crippen LogP contribution in [0.5, 0.6) is 0 Å². The zero-order valence-electron chi connectivity index (χ0n) is 17.9. The van der Waals surface area contributed by atoms with Crippen molar-refractivity contribution in [1.29, 1.82) is 0 Å². The smallest absolute Gasteiger partial charge is 0.243 e. The van der Waals surface area contributed by atoms with Crippen molar-refractivity contribution < 1.29 is 13.2 Å². The number of sulfonamides is 1. The van der Waals surface area contributed by atoms with Crippen LogP contribution in [0.3, 0.4) is 0 Å². The Balaban J connectivity index is 1.48. The van der Waals surface area contributed by atoms with Gasteiger partial charge in [-0.1, -0.05) is 35.9 Å². The SMILES string of the molecule is Cc1ccc2nc(SC(C)C(=O)Nc3cc(S(=O)(=O)N4CCCCC4)ccc3Cl)[nH]c2c1. The summed E-state index contributed by atoms with van der Waals surface area (Å²) in [5.74, 6) is -0.291. The number of nitrogens with zero attached hydrogens (tertiary/aromatic N) is 2. The minimum atomic E-state index is -3.62. The van der Waals surface area contributed by atoms with Gasteiger partial charge in [-0.3, -0.25) is 4.79 Å². The Hall–Kier alpha value is -2.07. The van der Waals surface area contributed by atoms with E-state index in [4.69, 9.17) is 11.6 Å². The lowest BCUT2D eigenvalue weighted by Crippen LogP contribution is -2.35. The molecule has 10 heteroatoms. The van der Waals surface area contributed by atoms with Gasteiger partial charge in [0.15, 0.2) is 5.16 Å². The molecule has 3 aromatic rings. The molecule has 0 spiro atoms. The van der Waals surface area contributed by atoms with Gasteiger partial charge in [-0.15, -0.1) is 0 Å². The number of carbonyl (C=O) groups excluding carboxylic acids is 1. The summed E-state index contributed by atoms with van der Waals surface area (Å²) in [5.41, 5.74) is 3.16. The summed E-state index contributed by atoms with van der Waals surface area (Å²) in [6, 6.07) is 10.4. The molecule has 1 atom stereocenters. The fraction of sp³-hybridized carbons (Fsp3) is 0.364. The second-order valence-corrected chi connectivity index (χ2v) is 11.6. The summed E-state index contributed by atoms with van der Waals surface area (Å²) in [6.07, 6.45) is 2.74. The predicted octanol–water partition coefficient (Wildman–Crippen LogP) is 4.82. The number of aryl methyl sites for hydroxylation is 1. The molecule has 1 saturated heterocycles. The Kier molecular flexibility index (Phi) is 6.80. The number of aromatic nitrogens is 2. The van der Waals surface area contributed by atoms with Gasteiger partial charge in [0.2, 0.25) is 15.9 Å². The third-order valence-electron chi connectivity index (χ3n) is 5.42. The highest BCUT2D eigenvalue weighted by Gasteiger charge is 2.27. The number of piperidine rings is 1. The molecule has 1 aromatic heterocycles. The Labute approximate surface area is 197 Å². The van der Waals surface area contributed by atoms with Gasteiger partial charge in [0.05, 0.1) is 31.9 Å². The molecule has 0 saturated carbocycles. The number of H-pyrrole nitrogens is 1. The van der Waals surface area contributed by atoms with E-state index in [-0.39, 0.29) is 21.5 Å². The van der Waals surface area contributed by atoms with E-state index in [0.29, 0.717) is 18.2 Å². The lowest BCUT2D eigenvalue weighted by molar-refractivity contribution is -0.115. The van der Waals surface area contributed by atoms with Crippen LogP contribution < -0.4 is 5.32 Å². The highest BCUT2D eigenvalue weighted by atomic mass is 35.5. The number of hydrogen-bond acceptors (Lipinski definition) is 5. The van der Waals surface area contributed by atoms with Crippen LogP contribution >= 0.6 is 23.4 Å². The quantitative estimate of drug-likeness (QED) is 0.481. The maximum atomic E-state index is 13.0. The number of carbonyl (C=O) groups is 1. The normalized spacial score (nSPS) is 16.2. The molecule has 1 aliphatic rings. The first-order valence-electron chi connectivity index (χ1n) is 10.5. The molecule has 2 heterocycles. The van der Waals surface area contributed by atoms with Crippen LogP contribution in [0.1, 0.15) is 31.7 Å². The third kappa shape index (κ3) is 4.96. The number of benzene rings is 2. The number of imidazole rings is 1. The topological polar surface area (TPSA) is 95.2 Å². The van der Waals surface area contributed by atoms with E-state index in [1.54, 1.807) is 6.92 Å². The summed E-state index contributed by atoms with van der Waals surface area (Å²) >= 11 is 7.55. The molecular formula is C22H25ClN4O3S2. The maximum Gasteiger partial charge on any atom is 0.243 e. The number of nitrogens with one attached hydrogen (secondary N) is 2. The minimum Gasteiger partial charge on any atom is -0.333 e. The predicted molar refractivity (Wildman–Crippen MR) is 129 cm³/mol. The zero-order chi connectivity index (χ0) is 22.9. The maximum absolute atomic E-state index is 13.0. The second-order valence-electron chi connectivity index (χ2n) is 7.92. The fourth-order valence-corrected chi connectivity index (χ4v) is 6.16. The Morgan fingerprint density at radius 1 is 1.19 bits per heavy atom. The number of fused-ring (bicyclic) bond motifs is 1. The molecule has 4 rings (SSSR count). The molecule has 1 amide bonds. The average molecular weight is 493 g/mol. The number of anilines is 1. The molecule has 1 fully saturated rings. The van der Waals surface area contributed by atoms with Crippen LogP contribution in [0.15, 0.2) is 46.5 Å². The van der Waals surface area contributed by atoms with E-state index in [1.165, 1.54) is 34.3 Å². The number of thioether (sulfide) groups is 1. The van der Waals surface area contributed by atoms with Gasteiger partial charge in [-0.05, 0) is 62.6 Å². The van der Waals surface area contributed by atoms with E-state index in [1.807, 2.05) is 25.1 Å². The highest BCUT2D eigenvalue weighted by molar-refractivity contribution is 8.00. The number of hydrogen-bond donors (Lipinski definition) is 2. The van der Waals surface area contributed by atoms with Crippen molar-refractivity contribution in [2.75, 3.05) is 18.4 Å². The van der Waals surface area contributed by atoms with E-state index < -0.39 is 15.3 Å². The van der Waals surface area contributed by atoms with Crippen LogP contribution in [0.4, 0.5) is 5.69 Å². The molecular weight excluding hydrogens is 468 g/mol. The van der Waals surface area contributed by atoms with Gasteiger partial charge in [0.1, 0.15) is 0 Å². The van der Waals surface area contributed by atoms with Gasteiger partial charge in [-0.2, -0.15) is 4.31 Å². The highest BCUT2D eigenvalue weighted by Crippen LogP contribution is 2.30. The Bertz CT molecular complexity index is 1250. The van der Waals surface area contributed by atoms with Gasteiger partial charge < -0.3 is 10.3 Å². The van der Waals surface area contributed by atoms with Crippen molar-refractivity contribution in [2.45, 2.75) is 48.4 Å². The fourth-order valence-electron chi connectivity index (χ4n) is 3.63. The van der Waals surface area contributed by atoms with Crippen molar-refractivity contribution in [3.05, 3.63) is 47.0 Å².